The second-order valence-corrected chi connectivity index (χ2v) is 7.94. The van der Waals surface area contributed by atoms with Crippen molar-refractivity contribution in [3.05, 3.63) is 45.4 Å². The maximum atomic E-state index is 12.6. The molecule has 1 amide bonds. The zero-order chi connectivity index (χ0) is 17.4. The van der Waals surface area contributed by atoms with Gasteiger partial charge in [0.25, 0.3) is 5.91 Å². The van der Waals surface area contributed by atoms with E-state index in [1.54, 1.807) is 18.4 Å². The maximum absolute atomic E-state index is 12.6. The minimum absolute atomic E-state index is 0.137. The van der Waals surface area contributed by atoms with Crippen molar-refractivity contribution in [3.8, 4) is 16.3 Å². The highest BCUT2D eigenvalue weighted by Gasteiger charge is 2.21. The first-order valence-corrected chi connectivity index (χ1v) is 9.69. The van der Waals surface area contributed by atoms with E-state index in [1.807, 2.05) is 31.2 Å². The molecule has 2 aromatic heterocycles. The lowest BCUT2D eigenvalue weighted by Crippen LogP contribution is -2.11. The Morgan fingerprint density at radius 3 is 2.68 bits per heavy atom. The molecule has 0 atom stereocenters. The predicted octanol–water partition coefficient (Wildman–Crippen LogP) is 4.32. The lowest BCUT2D eigenvalue weighted by atomic mass is 10.2. The number of hydrogen-bond acceptors (Lipinski definition) is 6. The van der Waals surface area contributed by atoms with E-state index in [-0.39, 0.29) is 5.91 Å². The van der Waals surface area contributed by atoms with Crippen molar-refractivity contribution in [2.45, 2.75) is 26.2 Å². The number of nitrogens with zero attached hydrogens (tertiary/aromatic N) is 2. The third kappa shape index (κ3) is 3.17. The number of methoxy groups -OCH3 is 1. The summed E-state index contributed by atoms with van der Waals surface area (Å²) in [6.45, 7) is 1.86. The normalized spacial score (nSPS) is 12.9. The van der Waals surface area contributed by atoms with E-state index in [0.717, 1.165) is 40.6 Å². The molecule has 0 radical (unpaired) electrons. The van der Waals surface area contributed by atoms with Crippen molar-refractivity contribution in [3.63, 3.8) is 0 Å². The molecular weight excluding hydrogens is 354 g/mol. The Hall–Kier alpha value is -2.25. The van der Waals surface area contributed by atoms with Crippen LogP contribution in [0.25, 0.3) is 10.6 Å². The highest BCUT2D eigenvalue weighted by Crippen LogP contribution is 2.32. The first kappa shape index (κ1) is 16.2. The number of anilines is 1. The van der Waals surface area contributed by atoms with Gasteiger partial charge >= 0.3 is 0 Å². The number of carbonyl (C=O) groups excluding carboxylic acids is 1. The first-order valence-electron chi connectivity index (χ1n) is 8.06. The van der Waals surface area contributed by atoms with Crippen LogP contribution in [0.4, 0.5) is 5.13 Å². The number of thiazole rings is 2. The summed E-state index contributed by atoms with van der Waals surface area (Å²) in [7, 11) is 1.64. The smallest absolute Gasteiger partial charge is 0.269 e. The molecule has 1 N–H and O–H groups in total. The fourth-order valence-electron chi connectivity index (χ4n) is 2.86. The van der Waals surface area contributed by atoms with Gasteiger partial charge in [-0.05, 0) is 50.5 Å². The topological polar surface area (TPSA) is 64.1 Å². The van der Waals surface area contributed by atoms with Gasteiger partial charge in [-0.2, -0.15) is 0 Å². The zero-order valence-electron chi connectivity index (χ0n) is 14.0. The van der Waals surface area contributed by atoms with Crippen LogP contribution in [0, 0.1) is 6.92 Å². The van der Waals surface area contributed by atoms with Crippen molar-refractivity contribution in [1.82, 2.24) is 9.97 Å². The van der Waals surface area contributed by atoms with Crippen molar-refractivity contribution in [1.29, 1.82) is 0 Å². The molecule has 2 heterocycles. The molecular formula is C18H17N3O2S2. The molecule has 5 nitrogen and oxygen atoms in total. The van der Waals surface area contributed by atoms with Crippen molar-refractivity contribution in [2.24, 2.45) is 0 Å². The number of ether oxygens (including phenoxy) is 1. The first-order chi connectivity index (χ1) is 12.1. The molecule has 0 spiro atoms. The SMILES string of the molecule is COc1ccc(-c2nc(C)c(C(=O)Nc3nc4c(s3)CCC4)s2)cc1. The number of hydrogen-bond donors (Lipinski definition) is 1. The summed E-state index contributed by atoms with van der Waals surface area (Å²) >= 11 is 2.98. The van der Waals surface area contributed by atoms with Gasteiger partial charge in [-0.15, -0.1) is 22.7 Å². The predicted molar refractivity (Wildman–Crippen MR) is 101 cm³/mol. The molecule has 25 heavy (non-hydrogen) atoms. The van der Waals surface area contributed by atoms with Gasteiger partial charge in [-0.1, -0.05) is 0 Å². The van der Waals surface area contributed by atoms with Crippen LogP contribution in [0.1, 0.15) is 32.4 Å². The second-order valence-electron chi connectivity index (χ2n) is 5.86. The average molecular weight is 371 g/mol. The van der Waals surface area contributed by atoms with Crippen molar-refractivity contribution >= 4 is 33.7 Å². The highest BCUT2D eigenvalue weighted by molar-refractivity contribution is 7.18. The Balaban J connectivity index is 1.55. The summed E-state index contributed by atoms with van der Waals surface area (Å²) in [5, 5.41) is 4.44. The van der Waals surface area contributed by atoms with Crippen LogP contribution in [0.2, 0.25) is 0 Å². The van der Waals surface area contributed by atoms with E-state index in [0.29, 0.717) is 10.0 Å². The van der Waals surface area contributed by atoms with Gasteiger partial charge in [0.2, 0.25) is 0 Å². The molecule has 1 aliphatic carbocycles. The quantitative estimate of drug-likeness (QED) is 0.742. The van der Waals surface area contributed by atoms with E-state index < -0.39 is 0 Å². The van der Waals surface area contributed by atoms with Crippen LogP contribution in [0.5, 0.6) is 5.75 Å². The fourth-order valence-corrected chi connectivity index (χ4v) is 4.87. The van der Waals surface area contributed by atoms with Gasteiger partial charge in [0.15, 0.2) is 5.13 Å². The van der Waals surface area contributed by atoms with Gasteiger partial charge in [0.1, 0.15) is 15.6 Å². The number of aryl methyl sites for hydroxylation is 3. The molecule has 7 heteroatoms. The summed E-state index contributed by atoms with van der Waals surface area (Å²) in [5.41, 5.74) is 2.85. The summed E-state index contributed by atoms with van der Waals surface area (Å²) < 4.78 is 5.18. The number of carbonyl (C=O) groups is 1. The molecule has 0 unspecified atom stereocenters. The van der Waals surface area contributed by atoms with Gasteiger partial charge in [0, 0.05) is 10.4 Å². The minimum atomic E-state index is -0.137. The van der Waals surface area contributed by atoms with Crippen molar-refractivity contribution < 1.29 is 9.53 Å². The molecule has 4 rings (SSSR count). The average Bonchev–Trinajstić information content (AvgIpc) is 3.29. The van der Waals surface area contributed by atoms with Gasteiger partial charge in [-0.25, -0.2) is 9.97 Å². The Morgan fingerprint density at radius 2 is 1.96 bits per heavy atom. The van der Waals surface area contributed by atoms with E-state index in [1.165, 1.54) is 22.6 Å². The lowest BCUT2D eigenvalue weighted by Gasteiger charge is -2.00. The summed E-state index contributed by atoms with van der Waals surface area (Å²) in [4.78, 5) is 23.6. The lowest BCUT2D eigenvalue weighted by molar-refractivity contribution is 0.103. The molecule has 0 fully saturated rings. The van der Waals surface area contributed by atoms with Crippen LogP contribution < -0.4 is 10.1 Å². The summed E-state index contributed by atoms with van der Waals surface area (Å²) in [6, 6.07) is 7.68. The number of amides is 1. The van der Waals surface area contributed by atoms with Crippen LogP contribution in [0.15, 0.2) is 24.3 Å². The number of aromatic nitrogens is 2. The maximum Gasteiger partial charge on any atom is 0.269 e. The van der Waals surface area contributed by atoms with Crippen LogP contribution >= 0.6 is 22.7 Å². The Kier molecular flexibility index (Phi) is 4.27. The molecule has 0 saturated carbocycles. The standard InChI is InChI=1S/C18H17N3O2S2/c1-10-15(16(22)21-18-20-13-4-3-5-14(13)24-18)25-17(19-10)11-6-8-12(23-2)9-7-11/h6-9H,3-5H2,1-2H3,(H,20,21,22). The number of fused-ring (bicyclic) bond motifs is 1. The number of rotatable bonds is 4. The third-order valence-electron chi connectivity index (χ3n) is 4.16. The largest absolute Gasteiger partial charge is 0.497 e. The van der Waals surface area contributed by atoms with Gasteiger partial charge in [-0.3, -0.25) is 10.1 Å². The number of benzene rings is 1. The van der Waals surface area contributed by atoms with Crippen LogP contribution in [0.3, 0.4) is 0 Å². The molecule has 0 aliphatic heterocycles. The highest BCUT2D eigenvalue weighted by atomic mass is 32.1. The Labute approximate surface area is 153 Å². The van der Waals surface area contributed by atoms with Crippen LogP contribution in [-0.2, 0) is 12.8 Å². The Bertz CT molecular complexity index is 907. The molecule has 1 aliphatic rings. The molecule has 0 saturated heterocycles. The van der Waals surface area contributed by atoms with Gasteiger partial charge < -0.3 is 4.74 Å². The molecule has 1 aromatic carbocycles. The zero-order valence-corrected chi connectivity index (χ0v) is 15.6. The molecule has 128 valence electrons. The monoisotopic (exact) mass is 371 g/mol. The summed E-state index contributed by atoms with van der Waals surface area (Å²) in [6.07, 6.45) is 3.26. The third-order valence-corrected chi connectivity index (χ3v) is 6.43. The van der Waals surface area contributed by atoms with E-state index in [2.05, 4.69) is 15.3 Å². The fraction of sp³-hybridized carbons (Fsp3) is 0.278. The van der Waals surface area contributed by atoms with Gasteiger partial charge in [0.05, 0.1) is 18.5 Å². The van der Waals surface area contributed by atoms with E-state index in [9.17, 15) is 4.79 Å². The minimum Gasteiger partial charge on any atom is -0.497 e. The second kappa shape index (κ2) is 6.57. The summed E-state index contributed by atoms with van der Waals surface area (Å²) in [5.74, 6) is 0.661. The van der Waals surface area contributed by atoms with Crippen molar-refractivity contribution in [2.75, 3.05) is 12.4 Å². The molecule has 3 aromatic rings. The number of nitrogens with one attached hydrogen (secondary N) is 1. The van der Waals surface area contributed by atoms with E-state index in [4.69, 9.17) is 4.74 Å². The van der Waals surface area contributed by atoms with Crippen LogP contribution in [-0.4, -0.2) is 23.0 Å². The molecule has 0 bridgehead atoms. The van der Waals surface area contributed by atoms with E-state index >= 15 is 0 Å². The Morgan fingerprint density at radius 1 is 1.16 bits per heavy atom.